The first kappa shape index (κ1) is 21.1. The summed E-state index contributed by atoms with van der Waals surface area (Å²) >= 11 is 0. The third kappa shape index (κ3) is 5.05. The van der Waals surface area contributed by atoms with Crippen LogP contribution in [0.2, 0.25) is 0 Å². The molecule has 30 heavy (non-hydrogen) atoms. The van der Waals surface area contributed by atoms with E-state index in [1.165, 1.54) is 6.07 Å². The molecule has 1 aromatic heterocycles. The second-order valence-electron chi connectivity index (χ2n) is 6.98. The quantitative estimate of drug-likeness (QED) is 0.566. The molecule has 3 aromatic rings. The lowest BCUT2D eigenvalue weighted by molar-refractivity contribution is -0.308. The molecular weight excluding hydrogens is 386 g/mol. The molecule has 7 heteroatoms. The van der Waals surface area contributed by atoms with Gasteiger partial charge in [-0.2, -0.15) is 0 Å². The van der Waals surface area contributed by atoms with E-state index >= 15 is 0 Å². The topological polar surface area (TPSA) is 109 Å². The molecule has 0 radical (unpaired) electrons. The highest BCUT2D eigenvalue weighted by Crippen LogP contribution is 2.27. The fourth-order valence-electron chi connectivity index (χ4n) is 3.22. The van der Waals surface area contributed by atoms with Gasteiger partial charge in [0, 0.05) is 17.5 Å². The largest absolute Gasteiger partial charge is 0.548 e. The molecule has 1 amide bonds. The summed E-state index contributed by atoms with van der Waals surface area (Å²) in [7, 11) is 0. The normalized spacial score (nSPS) is 11.8. The van der Waals surface area contributed by atoms with Gasteiger partial charge >= 0.3 is 5.63 Å². The number of hydrogen-bond acceptors (Lipinski definition) is 6. The van der Waals surface area contributed by atoms with Crippen LogP contribution in [-0.2, 0) is 22.4 Å². The van der Waals surface area contributed by atoms with Crippen molar-refractivity contribution in [3.8, 4) is 5.75 Å². The molecular formula is C23H22NO6-. The predicted molar refractivity (Wildman–Crippen MR) is 109 cm³/mol. The van der Waals surface area contributed by atoms with Gasteiger partial charge in [0.2, 0.25) is 0 Å². The Morgan fingerprint density at radius 1 is 1.17 bits per heavy atom. The van der Waals surface area contributed by atoms with Crippen LogP contribution in [0, 0.1) is 6.92 Å². The molecule has 2 aromatic carbocycles. The van der Waals surface area contributed by atoms with Crippen LogP contribution in [0.1, 0.15) is 23.6 Å². The molecule has 3 rings (SSSR count). The van der Waals surface area contributed by atoms with Gasteiger partial charge in [0.1, 0.15) is 11.3 Å². The Balaban J connectivity index is 1.72. The lowest BCUT2D eigenvalue weighted by Crippen LogP contribution is -2.50. The number of rotatable bonds is 8. The van der Waals surface area contributed by atoms with Crippen LogP contribution in [0.15, 0.2) is 57.7 Å². The number of nitrogens with one attached hydrogen (secondary N) is 1. The maximum atomic E-state index is 12.3. The maximum absolute atomic E-state index is 12.3. The van der Waals surface area contributed by atoms with Gasteiger partial charge in [-0.1, -0.05) is 37.3 Å². The number of ether oxygens (including phenoxy) is 1. The molecule has 1 N–H and O–H groups in total. The number of carbonyl (C=O) groups is 2. The van der Waals surface area contributed by atoms with E-state index in [1.54, 1.807) is 30.3 Å². The first-order valence-electron chi connectivity index (χ1n) is 9.61. The number of carbonyl (C=O) groups excluding carboxylic acids is 2. The highest BCUT2D eigenvalue weighted by Gasteiger charge is 2.16. The smallest absolute Gasteiger partial charge is 0.336 e. The molecule has 1 heterocycles. The first-order valence-corrected chi connectivity index (χ1v) is 9.61. The van der Waals surface area contributed by atoms with Gasteiger partial charge in [-0.25, -0.2) is 4.79 Å². The summed E-state index contributed by atoms with van der Waals surface area (Å²) in [6.07, 6.45) is 0.747. The van der Waals surface area contributed by atoms with Crippen molar-refractivity contribution in [3.05, 3.63) is 75.6 Å². The number of hydrogen-bond donors (Lipinski definition) is 1. The van der Waals surface area contributed by atoms with E-state index in [4.69, 9.17) is 9.15 Å². The van der Waals surface area contributed by atoms with E-state index in [2.05, 4.69) is 5.32 Å². The summed E-state index contributed by atoms with van der Waals surface area (Å²) in [6, 6.07) is 12.6. The molecule has 0 fully saturated rings. The summed E-state index contributed by atoms with van der Waals surface area (Å²) in [4.78, 5) is 35.3. The summed E-state index contributed by atoms with van der Waals surface area (Å²) < 4.78 is 10.9. The molecule has 0 saturated heterocycles. The van der Waals surface area contributed by atoms with Crippen molar-refractivity contribution >= 4 is 22.8 Å². The molecule has 7 nitrogen and oxygen atoms in total. The first-order chi connectivity index (χ1) is 14.4. The zero-order valence-electron chi connectivity index (χ0n) is 16.8. The minimum Gasteiger partial charge on any atom is -0.548 e. The number of benzene rings is 2. The molecule has 0 bridgehead atoms. The maximum Gasteiger partial charge on any atom is 0.336 e. The van der Waals surface area contributed by atoms with Crippen molar-refractivity contribution in [1.82, 2.24) is 5.32 Å². The van der Waals surface area contributed by atoms with Crippen LogP contribution in [0.4, 0.5) is 0 Å². The fourth-order valence-corrected chi connectivity index (χ4v) is 3.22. The summed E-state index contributed by atoms with van der Waals surface area (Å²) in [5, 5.41) is 14.6. The molecule has 1 atom stereocenters. The van der Waals surface area contributed by atoms with E-state index in [1.807, 2.05) is 26.0 Å². The van der Waals surface area contributed by atoms with Crippen molar-refractivity contribution in [2.75, 3.05) is 6.61 Å². The third-order valence-corrected chi connectivity index (χ3v) is 4.77. The van der Waals surface area contributed by atoms with Crippen molar-refractivity contribution in [2.45, 2.75) is 32.7 Å². The van der Waals surface area contributed by atoms with E-state index in [0.29, 0.717) is 17.8 Å². The van der Waals surface area contributed by atoms with Crippen LogP contribution >= 0.6 is 0 Å². The van der Waals surface area contributed by atoms with Crippen LogP contribution in [0.25, 0.3) is 11.0 Å². The third-order valence-electron chi connectivity index (χ3n) is 4.77. The Labute approximate surface area is 173 Å². The lowest BCUT2D eigenvalue weighted by Gasteiger charge is -2.20. The summed E-state index contributed by atoms with van der Waals surface area (Å²) in [5.74, 6) is -1.56. The molecule has 156 valence electrons. The zero-order chi connectivity index (χ0) is 21.7. The van der Waals surface area contributed by atoms with Gasteiger partial charge < -0.3 is 24.4 Å². The van der Waals surface area contributed by atoms with Crippen molar-refractivity contribution in [1.29, 1.82) is 0 Å². The Kier molecular flexibility index (Phi) is 6.51. The second kappa shape index (κ2) is 9.26. The number of aryl methyl sites for hydroxylation is 2. The zero-order valence-corrected chi connectivity index (χ0v) is 16.8. The van der Waals surface area contributed by atoms with E-state index in [-0.39, 0.29) is 13.0 Å². The van der Waals surface area contributed by atoms with Gasteiger partial charge in [-0.3, -0.25) is 4.79 Å². The monoisotopic (exact) mass is 408 g/mol. The highest BCUT2D eigenvalue weighted by atomic mass is 16.5. The van der Waals surface area contributed by atoms with Gasteiger partial charge in [-0.15, -0.1) is 0 Å². The summed E-state index contributed by atoms with van der Waals surface area (Å²) in [5.41, 5.74) is 2.29. The second-order valence-corrected chi connectivity index (χ2v) is 6.98. The number of aliphatic carboxylic acids is 1. The highest BCUT2D eigenvalue weighted by molar-refractivity contribution is 5.85. The van der Waals surface area contributed by atoms with Gasteiger partial charge in [-0.05, 0) is 42.5 Å². The number of fused-ring (bicyclic) bond motifs is 1. The molecule has 0 aliphatic carbocycles. The van der Waals surface area contributed by atoms with E-state index < -0.39 is 23.5 Å². The van der Waals surface area contributed by atoms with Gasteiger partial charge in [0.05, 0.1) is 12.0 Å². The number of carboxylic acid groups (broad SMARTS) is 1. The molecule has 0 spiro atoms. The SMILES string of the molecule is CCc1cc2c(C)cc(=O)oc2cc1OCC(=O)N[C@H](Cc1ccccc1)C(=O)[O-]. The minimum absolute atomic E-state index is 0.107. The molecule has 0 aliphatic heterocycles. The Bertz CT molecular complexity index is 1120. The van der Waals surface area contributed by atoms with E-state index in [0.717, 1.165) is 22.1 Å². The molecule has 0 unspecified atom stereocenters. The number of amides is 1. The minimum atomic E-state index is -1.37. The lowest BCUT2D eigenvalue weighted by atomic mass is 10.1. The number of carboxylic acids is 1. The Morgan fingerprint density at radius 2 is 1.90 bits per heavy atom. The van der Waals surface area contributed by atoms with Crippen LogP contribution in [0.3, 0.4) is 0 Å². The van der Waals surface area contributed by atoms with Crippen molar-refractivity contribution < 1.29 is 23.8 Å². The molecule has 0 saturated carbocycles. The predicted octanol–water partition coefficient (Wildman–Crippen LogP) is 1.52. The Hall–Kier alpha value is -3.61. The summed E-state index contributed by atoms with van der Waals surface area (Å²) in [6.45, 7) is 3.38. The van der Waals surface area contributed by atoms with E-state index in [9.17, 15) is 19.5 Å². The average Bonchev–Trinajstić information content (AvgIpc) is 2.71. The van der Waals surface area contributed by atoms with Crippen molar-refractivity contribution in [2.24, 2.45) is 0 Å². The van der Waals surface area contributed by atoms with Crippen LogP contribution in [-0.4, -0.2) is 24.5 Å². The van der Waals surface area contributed by atoms with Crippen molar-refractivity contribution in [3.63, 3.8) is 0 Å². The average molecular weight is 408 g/mol. The Morgan fingerprint density at radius 3 is 2.57 bits per heavy atom. The van der Waals surface area contributed by atoms with Crippen LogP contribution in [0.5, 0.6) is 5.75 Å². The molecule has 0 aliphatic rings. The van der Waals surface area contributed by atoms with Crippen LogP contribution < -0.4 is 20.8 Å². The van der Waals surface area contributed by atoms with Gasteiger partial charge in [0.15, 0.2) is 6.61 Å². The van der Waals surface area contributed by atoms with Gasteiger partial charge in [0.25, 0.3) is 5.91 Å². The fraction of sp³-hybridized carbons (Fsp3) is 0.261. The standard InChI is InChI=1S/C23H23NO6/c1-3-16-11-17-14(2)9-22(26)30-20(17)12-19(16)29-13-21(25)24-18(23(27)28)10-15-7-5-4-6-8-15/h4-9,11-12,18H,3,10,13H2,1-2H3,(H,24,25)(H,27,28)/p-1/t18-/m1/s1.